The molecule has 2 aromatic rings. The highest BCUT2D eigenvalue weighted by molar-refractivity contribution is 5.94. The molecule has 26 heavy (non-hydrogen) atoms. The van der Waals surface area contributed by atoms with E-state index >= 15 is 0 Å². The van der Waals surface area contributed by atoms with Crippen molar-refractivity contribution in [3.63, 3.8) is 0 Å². The monoisotopic (exact) mass is 360 g/mol. The number of ether oxygens (including phenoxy) is 2. The Morgan fingerprint density at radius 3 is 2.42 bits per heavy atom. The Balaban J connectivity index is 2.10. The van der Waals surface area contributed by atoms with Crippen molar-refractivity contribution in [2.24, 2.45) is 0 Å². The van der Waals surface area contributed by atoms with Crippen molar-refractivity contribution in [1.29, 1.82) is 0 Å². The van der Waals surface area contributed by atoms with Crippen LogP contribution in [0.2, 0.25) is 0 Å². The summed E-state index contributed by atoms with van der Waals surface area (Å²) in [6.07, 6.45) is 0. The van der Waals surface area contributed by atoms with E-state index in [0.717, 1.165) is 11.1 Å². The van der Waals surface area contributed by atoms with Crippen LogP contribution in [0.15, 0.2) is 36.4 Å². The highest BCUT2D eigenvalue weighted by Gasteiger charge is 2.20. The predicted octanol–water partition coefficient (Wildman–Crippen LogP) is 3.61. The summed E-state index contributed by atoms with van der Waals surface area (Å²) in [6.45, 7) is 4.31. The minimum atomic E-state index is -0.452. The molecule has 0 aliphatic carbocycles. The Kier molecular flexibility index (Phi) is 6.58. The average molecular weight is 360 g/mol. The molecule has 0 heterocycles. The van der Waals surface area contributed by atoms with Gasteiger partial charge >= 0.3 is 0 Å². The lowest BCUT2D eigenvalue weighted by molar-refractivity contribution is -0.120. The molecule has 1 amide bonds. The number of carbonyl (C=O) groups is 1. The van der Waals surface area contributed by atoms with Crippen molar-refractivity contribution >= 4 is 11.6 Å². The van der Waals surface area contributed by atoms with Crippen LogP contribution in [0.4, 0.5) is 10.1 Å². The second-order valence-electron chi connectivity index (χ2n) is 6.19. The molecule has 1 atom stereocenters. The first kappa shape index (κ1) is 19.7. The van der Waals surface area contributed by atoms with Gasteiger partial charge in [0.15, 0.2) is 11.5 Å². The number of carbonyl (C=O) groups excluding carboxylic acids is 1. The van der Waals surface area contributed by atoms with Gasteiger partial charge in [-0.1, -0.05) is 12.1 Å². The van der Waals surface area contributed by atoms with Crippen LogP contribution in [0.5, 0.6) is 11.5 Å². The molecule has 0 aromatic heterocycles. The smallest absolute Gasteiger partial charge is 0.241 e. The van der Waals surface area contributed by atoms with E-state index in [1.807, 2.05) is 31.0 Å². The van der Waals surface area contributed by atoms with Gasteiger partial charge in [-0.05, 0) is 56.3 Å². The predicted molar refractivity (Wildman–Crippen MR) is 100 cm³/mol. The number of hydrogen-bond acceptors (Lipinski definition) is 4. The van der Waals surface area contributed by atoms with Crippen LogP contribution in [0.25, 0.3) is 0 Å². The Bertz CT molecular complexity index is 780. The topological polar surface area (TPSA) is 50.8 Å². The number of hydrogen-bond donors (Lipinski definition) is 1. The molecular formula is C20H25FN2O3. The van der Waals surface area contributed by atoms with Crippen LogP contribution in [0.1, 0.15) is 18.1 Å². The van der Waals surface area contributed by atoms with E-state index in [2.05, 4.69) is 5.32 Å². The van der Waals surface area contributed by atoms with Gasteiger partial charge in [-0.2, -0.15) is 0 Å². The van der Waals surface area contributed by atoms with E-state index in [0.29, 0.717) is 18.0 Å². The van der Waals surface area contributed by atoms with Gasteiger partial charge in [-0.3, -0.25) is 9.69 Å². The number of halogens is 1. The number of nitrogens with zero attached hydrogens (tertiary/aromatic N) is 1. The number of amides is 1. The molecule has 1 N–H and O–H groups in total. The van der Waals surface area contributed by atoms with Crippen molar-refractivity contribution < 1.29 is 18.7 Å². The van der Waals surface area contributed by atoms with Crippen LogP contribution in [-0.2, 0) is 11.3 Å². The Labute approximate surface area is 153 Å². The zero-order valence-electron chi connectivity index (χ0n) is 15.8. The van der Waals surface area contributed by atoms with E-state index in [-0.39, 0.29) is 11.6 Å². The number of anilines is 1. The molecule has 0 aliphatic rings. The standard InChI is InChI=1S/C20H25FN2O3/c1-13-10-18(25-4)19(26-5)11-15(13)12-23(3)14(2)20(24)22-17-9-7-6-8-16(17)21/h6-11,14H,12H2,1-5H3,(H,22,24)/t14-/m1/s1. The lowest BCUT2D eigenvalue weighted by atomic mass is 10.1. The summed E-state index contributed by atoms with van der Waals surface area (Å²) < 4.78 is 24.4. The Morgan fingerprint density at radius 1 is 1.19 bits per heavy atom. The number of rotatable bonds is 7. The van der Waals surface area contributed by atoms with E-state index in [1.54, 1.807) is 39.3 Å². The molecule has 0 radical (unpaired) electrons. The summed E-state index contributed by atoms with van der Waals surface area (Å²) >= 11 is 0. The third-order valence-corrected chi connectivity index (χ3v) is 4.43. The van der Waals surface area contributed by atoms with Gasteiger partial charge in [0.1, 0.15) is 5.82 Å². The second-order valence-corrected chi connectivity index (χ2v) is 6.19. The summed E-state index contributed by atoms with van der Waals surface area (Å²) in [6, 6.07) is 9.50. The van der Waals surface area contributed by atoms with E-state index in [9.17, 15) is 9.18 Å². The van der Waals surface area contributed by atoms with Crippen molar-refractivity contribution in [3.05, 3.63) is 53.3 Å². The molecule has 2 rings (SSSR count). The number of aryl methyl sites for hydroxylation is 1. The van der Waals surface area contributed by atoms with Crippen LogP contribution in [-0.4, -0.2) is 38.1 Å². The van der Waals surface area contributed by atoms with Crippen LogP contribution < -0.4 is 14.8 Å². The molecule has 0 bridgehead atoms. The molecule has 6 heteroatoms. The van der Waals surface area contributed by atoms with Gasteiger partial charge in [0.05, 0.1) is 25.9 Å². The molecule has 0 saturated heterocycles. The van der Waals surface area contributed by atoms with Crippen LogP contribution >= 0.6 is 0 Å². The quantitative estimate of drug-likeness (QED) is 0.820. The maximum absolute atomic E-state index is 13.7. The summed E-state index contributed by atoms with van der Waals surface area (Å²) in [7, 11) is 5.03. The average Bonchev–Trinajstić information content (AvgIpc) is 2.63. The molecule has 0 spiro atoms. The van der Waals surface area contributed by atoms with Crippen molar-refractivity contribution in [1.82, 2.24) is 4.90 Å². The lowest BCUT2D eigenvalue weighted by Gasteiger charge is -2.25. The zero-order chi connectivity index (χ0) is 19.3. The van der Waals surface area contributed by atoms with Gasteiger partial charge in [0.25, 0.3) is 0 Å². The number of benzene rings is 2. The largest absolute Gasteiger partial charge is 0.493 e. The van der Waals surface area contributed by atoms with E-state index in [1.165, 1.54) is 6.07 Å². The molecule has 140 valence electrons. The van der Waals surface area contributed by atoms with Crippen molar-refractivity contribution in [2.75, 3.05) is 26.6 Å². The minimum Gasteiger partial charge on any atom is -0.493 e. The maximum atomic E-state index is 13.7. The van der Waals surface area contributed by atoms with Crippen LogP contribution in [0, 0.1) is 12.7 Å². The fourth-order valence-corrected chi connectivity index (χ4v) is 2.60. The first-order valence-electron chi connectivity index (χ1n) is 8.34. The molecular weight excluding hydrogens is 335 g/mol. The maximum Gasteiger partial charge on any atom is 0.241 e. The highest BCUT2D eigenvalue weighted by atomic mass is 19.1. The van der Waals surface area contributed by atoms with E-state index in [4.69, 9.17) is 9.47 Å². The fourth-order valence-electron chi connectivity index (χ4n) is 2.60. The summed E-state index contributed by atoms with van der Waals surface area (Å²) in [5.74, 6) is 0.592. The second kappa shape index (κ2) is 8.67. The van der Waals surface area contributed by atoms with Gasteiger partial charge in [0, 0.05) is 6.54 Å². The molecule has 0 fully saturated rings. The summed E-state index contributed by atoms with van der Waals surface area (Å²) in [5.41, 5.74) is 2.24. The molecule has 2 aromatic carbocycles. The molecule has 0 unspecified atom stereocenters. The molecule has 0 aliphatic heterocycles. The van der Waals surface area contributed by atoms with E-state index < -0.39 is 11.9 Å². The molecule has 5 nitrogen and oxygen atoms in total. The zero-order valence-corrected chi connectivity index (χ0v) is 15.8. The Hall–Kier alpha value is -2.60. The number of likely N-dealkylation sites (N-methyl/N-ethyl adjacent to an activating group) is 1. The first-order valence-corrected chi connectivity index (χ1v) is 8.34. The van der Waals surface area contributed by atoms with Crippen LogP contribution in [0.3, 0.4) is 0 Å². The van der Waals surface area contributed by atoms with Crippen molar-refractivity contribution in [3.8, 4) is 11.5 Å². The van der Waals surface area contributed by atoms with Gasteiger partial charge in [-0.15, -0.1) is 0 Å². The SMILES string of the molecule is COc1cc(C)c(CN(C)[C@H](C)C(=O)Nc2ccccc2F)cc1OC. The number of nitrogens with one attached hydrogen (secondary N) is 1. The summed E-state index contributed by atoms with van der Waals surface area (Å²) in [5, 5.41) is 2.63. The number of methoxy groups -OCH3 is 2. The normalized spacial score (nSPS) is 12.0. The fraction of sp³-hybridized carbons (Fsp3) is 0.350. The minimum absolute atomic E-state index is 0.181. The van der Waals surface area contributed by atoms with Gasteiger partial charge in [0.2, 0.25) is 5.91 Å². The number of para-hydroxylation sites is 1. The van der Waals surface area contributed by atoms with Crippen molar-refractivity contribution in [2.45, 2.75) is 26.4 Å². The third-order valence-electron chi connectivity index (χ3n) is 4.43. The van der Waals surface area contributed by atoms with Gasteiger partial charge in [-0.25, -0.2) is 4.39 Å². The first-order chi connectivity index (χ1) is 12.4. The highest BCUT2D eigenvalue weighted by Crippen LogP contribution is 2.31. The van der Waals surface area contributed by atoms with Gasteiger partial charge < -0.3 is 14.8 Å². The lowest BCUT2D eigenvalue weighted by Crippen LogP contribution is -2.39. The summed E-state index contributed by atoms with van der Waals surface area (Å²) in [4.78, 5) is 14.3. The molecule has 0 saturated carbocycles. The third kappa shape index (κ3) is 4.52. The Morgan fingerprint density at radius 2 is 1.81 bits per heavy atom.